The number of hydrogen-bond acceptors (Lipinski definition) is 0. The molecular weight excluding hydrogens is 280 g/mol. The summed E-state index contributed by atoms with van der Waals surface area (Å²) in [6.07, 6.45) is 15.0. The quantitative estimate of drug-likeness (QED) is 0.369. The van der Waals surface area contributed by atoms with Crippen LogP contribution >= 0.6 is 0 Å². The van der Waals surface area contributed by atoms with E-state index in [0.717, 1.165) is 0 Å². The summed E-state index contributed by atoms with van der Waals surface area (Å²) in [6.45, 7) is 13.4. The summed E-state index contributed by atoms with van der Waals surface area (Å²) in [6, 6.07) is 0. The molecule has 0 rings (SSSR count). The Morgan fingerprint density at radius 3 is 1.73 bits per heavy atom. The lowest BCUT2D eigenvalue weighted by atomic mass is 10.2. The third kappa shape index (κ3) is 9.71. The lowest BCUT2D eigenvalue weighted by Crippen LogP contribution is -2.35. The van der Waals surface area contributed by atoms with Crippen LogP contribution < -0.4 is 0 Å². The molecule has 0 heterocycles. The smallest absolute Gasteiger partial charge is 0.127 e. The zero-order chi connectivity index (χ0) is 16.9. The van der Waals surface area contributed by atoms with Gasteiger partial charge in [0.2, 0.25) is 0 Å². The van der Waals surface area contributed by atoms with Crippen molar-refractivity contribution in [2.24, 2.45) is 0 Å². The molecule has 22 heavy (non-hydrogen) atoms. The molecule has 0 aliphatic carbocycles. The normalized spacial score (nSPS) is 12.1. The van der Waals surface area contributed by atoms with Crippen LogP contribution in [0.2, 0.25) is 18.1 Å². The van der Waals surface area contributed by atoms with Gasteiger partial charge in [-0.25, -0.2) is 0 Å². The summed E-state index contributed by atoms with van der Waals surface area (Å²) in [4.78, 5) is 0. The van der Waals surface area contributed by atoms with Gasteiger partial charge in [-0.15, -0.1) is 5.54 Å². The van der Waals surface area contributed by atoms with Gasteiger partial charge < -0.3 is 0 Å². The molecule has 0 atom stereocenters. The first-order chi connectivity index (χ1) is 10.3. The average Bonchev–Trinajstić information content (AvgIpc) is 2.42. The molecule has 0 spiro atoms. The van der Waals surface area contributed by atoms with Gasteiger partial charge in [-0.1, -0.05) is 82.0 Å². The molecule has 0 aliphatic heterocycles. The summed E-state index contributed by atoms with van der Waals surface area (Å²) in [5.74, 6) is 14.3. The van der Waals surface area contributed by atoms with Crippen LogP contribution in [0.15, 0.2) is 48.6 Å². The first-order valence-electron chi connectivity index (χ1n) is 7.44. The van der Waals surface area contributed by atoms with Crippen molar-refractivity contribution >= 4 is 8.07 Å². The van der Waals surface area contributed by atoms with E-state index in [1.807, 2.05) is 43.4 Å². The SMILES string of the molecule is C/C=C/C#CC#C/C=C/C=C/C=C/C#C[Si](C)(C)C(C)(C)C. The van der Waals surface area contributed by atoms with E-state index in [1.165, 1.54) is 0 Å². The fourth-order valence-corrected chi connectivity index (χ4v) is 1.80. The van der Waals surface area contributed by atoms with E-state index in [-0.39, 0.29) is 0 Å². The predicted molar refractivity (Wildman–Crippen MR) is 103 cm³/mol. The van der Waals surface area contributed by atoms with Crippen molar-refractivity contribution in [3.8, 4) is 35.1 Å². The van der Waals surface area contributed by atoms with Crippen LogP contribution in [0.5, 0.6) is 0 Å². The highest BCUT2D eigenvalue weighted by Gasteiger charge is 2.33. The van der Waals surface area contributed by atoms with Crippen LogP contribution in [0.4, 0.5) is 0 Å². The molecule has 0 aromatic rings. The van der Waals surface area contributed by atoms with Crippen molar-refractivity contribution in [1.82, 2.24) is 0 Å². The molecule has 0 unspecified atom stereocenters. The lowest BCUT2D eigenvalue weighted by molar-refractivity contribution is 0.731. The minimum absolute atomic E-state index is 0.306. The van der Waals surface area contributed by atoms with E-state index in [2.05, 4.69) is 69.0 Å². The van der Waals surface area contributed by atoms with Crippen molar-refractivity contribution in [2.75, 3.05) is 0 Å². The highest BCUT2D eigenvalue weighted by molar-refractivity contribution is 6.87. The number of hydrogen-bond donors (Lipinski definition) is 0. The molecular formula is C21H26Si. The van der Waals surface area contributed by atoms with Gasteiger partial charge in [0.05, 0.1) is 0 Å². The van der Waals surface area contributed by atoms with Crippen molar-refractivity contribution in [2.45, 2.75) is 45.8 Å². The van der Waals surface area contributed by atoms with Gasteiger partial charge in [-0.2, -0.15) is 0 Å². The van der Waals surface area contributed by atoms with Gasteiger partial charge in [0.25, 0.3) is 0 Å². The maximum Gasteiger partial charge on any atom is 0.138 e. The largest absolute Gasteiger partial charge is 0.138 e. The molecule has 0 amide bonds. The maximum absolute atomic E-state index is 3.44. The Labute approximate surface area is 138 Å². The van der Waals surface area contributed by atoms with Gasteiger partial charge >= 0.3 is 0 Å². The van der Waals surface area contributed by atoms with E-state index in [0.29, 0.717) is 5.04 Å². The van der Waals surface area contributed by atoms with Crippen molar-refractivity contribution in [1.29, 1.82) is 0 Å². The fourth-order valence-electron chi connectivity index (χ4n) is 0.984. The minimum Gasteiger partial charge on any atom is -0.127 e. The molecule has 114 valence electrons. The highest BCUT2D eigenvalue weighted by Crippen LogP contribution is 2.34. The Kier molecular flexibility index (Phi) is 9.54. The van der Waals surface area contributed by atoms with Crippen LogP contribution in [-0.4, -0.2) is 8.07 Å². The predicted octanol–water partition coefficient (Wildman–Crippen LogP) is 5.29. The molecule has 0 N–H and O–H groups in total. The number of rotatable bonds is 2. The van der Waals surface area contributed by atoms with Crippen LogP contribution in [0.25, 0.3) is 0 Å². The van der Waals surface area contributed by atoms with E-state index in [4.69, 9.17) is 0 Å². The summed E-state index contributed by atoms with van der Waals surface area (Å²) >= 11 is 0. The third-order valence-corrected chi connectivity index (χ3v) is 7.93. The van der Waals surface area contributed by atoms with E-state index in [9.17, 15) is 0 Å². The summed E-state index contributed by atoms with van der Waals surface area (Å²) < 4.78 is 0. The van der Waals surface area contributed by atoms with Gasteiger partial charge in [0.15, 0.2) is 0 Å². The molecule has 0 nitrogen and oxygen atoms in total. The Balaban J connectivity index is 4.35. The molecule has 0 aliphatic rings. The second kappa shape index (κ2) is 10.6. The first kappa shape index (κ1) is 19.9. The van der Waals surface area contributed by atoms with Crippen LogP contribution in [0, 0.1) is 35.1 Å². The van der Waals surface area contributed by atoms with Gasteiger partial charge in [-0.3, -0.25) is 0 Å². The monoisotopic (exact) mass is 306 g/mol. The third-order valence-electron chi connectivity index (χ3n) is 3.41. The molecule has 0 radical (unpaired) electrons. The number of allylic oxidation sites excluding steroid dienone is 8. The molecule has 0 bridgehead atoms. The molecule has 0 fully saturated rings. The first-order valence-corrected chi connectivity index (χ1v) is 10.4. The highest BCUT2D eigenvalue weighted by atomic mass is 28.3. The van der Waals surface area contributed by atoms with Crippen molar-refractivity contribution in [3.05, 3.63) is 48.6 Å². The van der Waals surface area contributed by atoms with Crippen LogP contribution in [-0.2, 0) is 0 Å². The van der Waals surface area contributed by atoms with E-state index in [1.54, 1.807) is 12.2 Å². The van der Waals surface area contributed by atoms with Gasteiger partial charge in [0, 0.05) is 0 Å². The van der Waals surface area contributed by atoms with Gasteiger partial charge in [-0.05, 0) is 42.0 Å². The Morgan fingerprint density at radius 1 is 0.727 bits per heavy atom. The zero-order valence-electron chi connectivity index (χ0n) is 14.6. The van der Waals surface area contributed by atoms with Crippen molar-refractivity contribution in [3.63, 3.8) is 0 Å². The Hall–Kier alpha value is -2.14. The van der Waals surface area contributed by atoms with Crippen LogP contribution in [0.3, 0.4) is 0 Å². The lowest BCUT2D eigenvalue weighted by Gasteiger charge is -2.31. The molecule has 0 aromatic carbocycles. The molecule has 0 saturated carbocycles. The second-order valence-corrected chi connectivity index (χ2v) is 11.3. The van der Waals surface area contributed by atoms with E-state index >= 15 is 0 Å². The minimum atomic E-state index is -1.49. The topological polar surface area (TPSA) is 0 Å². The zero-order valence-corrected chi connectivity index (χ0v) is 15.6. The van der Waals surface area contributed by atoms with Crippen LogP contribution in [0.1, 0.15) is 27.7 Å². The van der Waals surface area contributed by atoms with Gasteiger partial charge in [0.1, 0.15) is 8.07 Å². The fraction of sp³-hybridized carbons (Fsp3) is 0.333. The maximum atomic E-state index is 3.44. The average molecular weight is 307 g/mol. The summed E-state index contributed by atoms with van der Waals surface area (Å²) in [7, 11) is -1.49. The van der Waals surface area contributed by atoms with Crippen molar-refractivity contribution < 1.29 is 0 Å². The standard InChI is InChI=1S/C21H26Si/c1-7-8-9-10-11-12-13-14-15-16-17-18-19-20-22(5,6)21(2,3)4/h7-8,13-18H,1-6H3/b8-7+,14-13+,16-15+,18-17+. The molecule has 1 heteroatoms. The summed E-state index contributed by atoms with van der Waals surface area (Å²) in [5, 5.41) is 0.306. The Morgan fingerprint density at radius 2 is 1.23 bits per heavy atom. The van der Waals surface area contributed by atoms with E-state index < -0.39 is 8.07 Å². The molecule has 0 saturated heterocycles. The molecule has 0 aromatic heterocycles. The second-order valence-electron chi connectivity index (χ2n) is 6.29. The Bertz CT molecular complexity index is 628. The summed E-state index contributed by atoms with van der Waals surface area (Å²) in [5.41, 5.74) is 3.44.